The Labute approximate surface area is 150 Å². The van der Waals surface area contributed by atoms with Gasteiger partial charge in [-0.25, -0.2) is 0 Å². The molecule has 0 N–H and O–H groups in total. The predicted octanol–water partition coefficient (Wildman–Crippen LogP) is 4.44. The van der Waals surface area contributed by atoms with Crippen molar-refractivity contribution >= 4 is 28.3 Å². The molecule has 0 spiro atoms. The normalized spacial score (nSPS) is 16.5. The topological polar surface area (TPSA) is 37.4 Å². The Morgan fingerprint density at radius 2 is 1.79 bits per heavy atom. The molecule has 1 saturated carbocycles. The first-order chi connectivity index (χ1) is 11.5. The van der Waals surface area contributed by atoms with Crippen LogP contribution < -0.4 is 0 Å². The molecule has 2 aromatic rings. The molecule has 2 atom stereocenters. The summed E-state index contributed by atoms with van der Waals surface area (Å²) in [5.41, 5.74) is 1.58. The first kappa shape index (κ1) is 17.2. The third-order valence-electron chi connectivity index (χ3n) is 4.38. The molecule has 0 bridgehead atoms. The van der Waals surface area contributed by atoms with E-state index in [1.807, 2.05) is 36.1 Å². The van der Waals surface area contributed by atoms with E-state index < -0.39 is 10.8 Å². The highest BCUT2D eigenvalue weighted by molar-refractivity contribution is 7.84. The summed E-state index contributed by atoms with van der Waals surface area (Å²) in [7, 11) is -1.04. The maximum Gasteiger partial charge on any atom is 0.254 e. The number of halogens is 1. The summed E-state index contributed by atoms with van der Waals surface area (Å²) >= 11 is 6.32. The van der Waals surface area contributed by atoms with Gasteiger partial charge in [0.1, 0.15) is 0 Å². The van der Waals surface area contributed by atoms with Gasteiger partial charge in [-0.3, -0.25) is 9.00 Å². The van der Waals surface area contributed by atoms with Gasteiger partial charge in [0.25, 0.3) is 5.91 Å². The van der Waals surface area contributed by atoms with Crippen molar-refractivity contribution in [1.29, 1.82) is 0 Å². The molecule has 1 aliphatic rings. The van der Waals surface area contributed by atoms with Crippen molar-refractivity contribution in [3.8, 4) is 0 Å². The minimum Gasteiger partial charge on any atom is -0.329 e. The standard InChI is InChI=1S/C19H20ClNO2S/c1-13(17-5-3-4-6-18(17)20)21(15-9-10-15)19(22)14-7-11-16(12-8-14)24(2)23/h3-8,11-13,15H,9-10H2,1-2H3. The zero-order chi connectivity index (χ0) is 17.3. The Bertz CT molecular complexity index is 771. The van der Waals surface area contributed by atoms with E-state index in [-0.39, 0.29) is 18.0 Å². The second-order valence-electron chi connectivity index (χ2n) is 6.12. The Morgan fingerprint density at radius 3 is 2.33 bits per heavy atom. The van der Waals surface area contributed by atoms with Crippen LogP contribution in [-0.4, -0.2) is 27.3 Å². The largest absolute Gasteiger partial charge is 0.329 e. The van der Waals surface area contributed by atoms with Crippen LogP contribution in [0.4, 0.5) is 0 Å². The highest BCUT2D eigenvalue weighted by Gasteiger charge is 2.37. The summed E-state index contributed by atoms with van der Waals surface area (Å²) in [6.45, 7) is 2.02. The lowest BCUT2D eigenvalue weighted by Crippen LogP contribution is -2.35. The van der Waals surface area contributed by atoms with Crippen LogP contribution in [0.2, 0.25) is 5.02 Å². The Kier molecular flexibility index (Phi) is 5.07. The monoisotopic (exact) mass is 361 g/mol. The Morgan fingerprint density at radius 1 is 1.17 bits per heavy atom. The van der Waals surface area contributed by atoms with E-state index in [0.717, 1.165) is 23.3 Å². The van der Waals surface area contributed by atoms with Gasteiger partial charge in [-0.2, -0.15) is 0 Å². The Balaban J connectivity index is 1.89. The fourth-order valence-electron chi connectivity index (χ4n) is 2.91. The van der Waals surface area contributed by atoms with Crippen LogP contribution in [-0.2, 0) is 10.8 Å². The first-order valence-electron chi connectivity index (χ1n) is 7.99. The first-order valence-corrected chi connectivity index (χ1v) is 9.93. The molecule has 0 heterocycles. The van der Waals surface area contributed by atoms with Gasteiger partial charge in [0.15, 0.2) is 0 Å². The number of hydrogen-bond acceptors (Lipinski definition) is 2. The number of nitrogens with zero attached hydrogens (tertiary/aromatic N) is 1. The molecule has 3 nitrogen and oxygen atoms in total. The molecule has 2 aromatic carbocycles. The van der Waals surface area contributed by atoms with Crippen molar-refractivity contribution in [2.45, 2.75) is 36.7 Å². The Hall–Kier alpha value is -1.65. The van der Waals surface area contributed by atoms with E-state index >= 15 is 0 Å². The van der Waals surface area contributed by atoms with Crippen molar-refractivity contribution in [3.63, 3.8) is 0 Å². The fourth-order valence-corrected chi connectivity index (χ4v) is 3.73. The van der Waals surface area contributed by atoms with E-state index in [0.29, 0.717) is 10.6 Å². The highest BCUT2D eigenvalue weighted by Crippen LogP contribution is 2.37. The van der Waals surface area contributed by atoms with Crippen molar-refractivity contribution in [1.82, 2.24) is 4.90 Å². The van der Waals surface area contributed by atoms with Crippen molar-refractivity contribution < 1.29 is 9.00 Å². The molecule has 1 amide bonds. The lowest BCUT2D eigenvalue weighted by molar-refractivity contribution is 0.0674. The molecule has 126 valence electrons. The quantitative estimate of drug-likeness (QED) is 0.789. The molecule has 1 fully saturated rings. The lowest BCUT2D eigenvalue weighted by atomic mass is 10.0. The van der Waals surface area contributed by atoms with E-state index in [4.69, 9.17) is 11.6 Å². The zero-order valence-corrected chi connectivity index (χ0v) is 15.3. The molecule has 0 saturated heterocycles. The van der Waals surface area contributed by atoms with E-state index in [2.05, 4.69) is 0 Å². The van der Waals surface area contributed by atoms with Gasteiger partial charge >= 0.3 is 0 Å². The van der Waals surface area contributed by atoms with Crippen molar-refractivity contribution in [2.24, 2.45) is 0 Å². The average molecular weight is 362 g/mol. The summed E-state index contributed by atoms with van der Waals surface area (Å²) in [4.78, 5) is 15.7. The number of hydrogen-bond donors (Lipinski definition) is 0. The van der Waals surface area contributed by atoms with Gasteiger partial charge in [-0.15, -0.1) is 0 Å². The summed E-state index contributed by atoms with van der Waals surface area (Å²) in [5.74, 6) is -0.00152. The van der Waals surface area contributed by atoms with Gasteiger partial charge in [0.05, 0.1) is 6.04 Å². The van der Waals surface area contributed by atoms with Crippen LogP contribution in [0.15, 0.2) is 53.4 Å². The van der Waals surface area contributed by atoms with Crippen LogP contribution in [0.5, 0.6) is 0 Å². The average Bonchev–Trinajstić information content (AvgIpc) is 3.40. The van der Waals surface area contributed by atoms with Crippen molar-refractivity contribution in [2.75, 3.05) is 6.26 Å². The number of amides is 1. The van der Waals surface area contributed by atoms with Gasteiger partial charge in [-0.05, 0) is 55.7 Å². The summed E-state index contributed by atoms with van der Waals surface area (Å²) in [6.07, 6.45) is 3.68. The van der Waals surface area contributed by atoms with Crippen LogP contribution in [0.25, 0.3) is 0 Å². The molecule has 2 unspecified atom stereocenters. The summed E-state index contributed by atoms with van der Waals surface area (Å²) in [5, 5.41) is 0.681. The third-order valence-corrected chi connectivity index (χ3v) is 5.66. The maximum absolute atomic E-state index is 13.0. The van der Waals surface area contributed by atoms with Crippen LogP contribution in [0.1, 0.15) is 41.7 Å². The number of rotatable bonds is 5. The minimum atomic E-state index is -1.04. The smallest absolute Gasteiger partial charge is 0.254 e. The van der Waals surface area contributed by atoms with Gasteiger partial charge in [0, 0.05) is 38.6 Å². The number of benzene rings is 2. The minimum absolute atomic E-state index is 0.00152. The highest BCUT2D eigenvalue weighted by atomic mass is 35.5. The molecule has 0 aromatic heterocycles. The molecule has 1 aliphatic carbocycles. The van der Waals surface area contributed by atoms with Gasteiger partial charge < -0.3 is 4.90 Å². The SMILES string of the molecule is CC(c1ccccc1Cl)N(C(=O)c1ccc(S(C)=O)cc1)C1CC1. The van der Waals surface area contributed by atoms with Gasteiger partial charge in [0.2, 0.25) is 0 Å². The summed E-state index contributed by atoms with van der Waals surface area (Å²) in [6, 6.07) is 14.9. The van der Waals surface area contributed by atoms with Crippen LogP contribution in [0.3, 0.4) is 0 Å². The molecular weight excluding hydrogens is 342 g/mol. The van der Waals surface area contributed by atoms with E-state index in [1.165, 1.54) is 0 Å². The molecular formula is C19H20ClNO2S. The lowest BCUT2D eigenvalue weighted by Gasteiger charge is -2.30. The van der Waals surface area contributed by atoms with Crippen LogP contribution in [0, 0.1) is 0 Å². The molecule has 3 rings (SSSR count). The second-order valence-corrected chi connectivity index (χ2v) is 7.91. The molecule has 0 aliphatic heterocycles. The van der Waals surface area contributed by atoms with Gasteiger partial charge in [-0.1, -0.05) is 29.8 Å². The molecule has 5 heteroatoms. The fraction of sp³-hybridized carbons (Fsp3) is 0.316. The molecule has 0 radical (unpaired) electrons. The van der Waals surface area contributed by atoms with E-state index in [1.54, 1.807) is 30.5 Å². The maximum atomic E-state index is 13.0. The van der Waals surface area contributed by atoms with E-state index in [9.17, 15) is 9.00 Å². The third kappa shape index (κ3) is 3.55. The van der Waals surface area contributed by atoms with Crippen molar-refractivity contribution in [3.05, 3.63) is 64.7 Å². The number of carbonyl (C=O) groups excluding carboxylic acids is 1. The summed E-state index contributed by atoms with van der Waals surface area (Å²) < 4.78 is 11.5. The predicted molar refractivity (Wildman–Crippen MR) is 97.8 cm³/mol. The molecule has 24 heavy (non-hydrogen) atoms. The van der Waals surface area contributed by atoms with Crippen LogP contribution >= 0.6 is 11.6 Å². The number of carbonyl (C=O) groups is 1. The second kappa shape index (κ2) is 7.08. The zero-order valence-electron chi connectivity index (χ0n) is 13.7.